The third kappa shape index (κ3) is 3.52. The van der Waals surface area contributed by atoms with Crippen LogP contribution in [0.1, 0.15) is 30.4 Å². The standard InChI is InChI=1S/C21H23ClN4O4/c1-13-18-19(28)21(29)23-20(26(18)11-10-24(13)2)15-7-5-9-25(15)17(27)12-30-16-8-4-3-6-14(16)22/h3-4,6,8,15,28H,1,5,7,9-12H2,2H3/t15-/m0/s1. The highest BCUT2D eigenvalue weighted by molar-refractivity contribution is 6.32. The summed E-state index contributed by atoms with van der Waals surface area (Å²) in [5.74, 6) is 0.304. The highest BCUT2D eigenvalue weighted by Gasteiger charge is 2.36. The molecular formula is C21H23ClN4O4. The minimum atomic E-state index is -0.709. The first-order chi connectivity index (χ1) is 14.4. The van der Waals surface area contributed by atoms with Crippen molar-refractivity contribution in [3.05, 3.63) is 57.7 Å². The van der Waals surface area contributed by atoms with E-state index < -0.39 is 11.3 Å². The molecule has 0 radical (unpaired) electrons. The van der Waals surface area contributed by atoms with Crippen LogP contribution in [0.25, 0.3) is 5.70 Å². The molecule has 1 atom stereocenters. The Morgan fingerprint density at radius 2 is 2.10 bits per heavy atom. The van der Waals surface area contributed by atoms with Crippen LogP contribution in [0.15, 0.2) is 35.6 Å². The topological polar surface area (TPSA) is 87.9 Å². The first kappa shape index (κ1) is 20.3. The van der Waals surface area contributed by atoms with Crippen molar-refractivity contribution in [2.75, 3.05) is 26.7 Å². The van der Waals surface area contributed by atoms with Gasteiger partial charge in [-0.05, 0) is 25.0 Å². The molecule has 0 aliphatic carbocycles. The number of para-hydroxylation sites is 1. The molecule has 30 heavy (non-hydrogen) atoms. The molecule has 0 unspecified atom stereocenters. The average molecular weight is 431 g/mol. The molecule has 1 saturated heterocycles. The lowest BCUT2D eigenvalue weighted by atomic mass is 10.1. The number of halogens is 1. The summed E-state index contributed by atoms with van der Waals surface area (Å²) < 4.78 is 7.42. The largest absolute Gasteiger partial charge is 0.501 e. The fourth-order valence-corrected chi connectivity index (χ4v) is 4.21. The van der Waals surface area contributed by atoms with Gasteiger partial charge in [-0.2, -0.15) is 4.98 Å². The zero-order chi connectivity index (χ0) is 21.4. The molecule has 1 aromatic heterocycles. The Kier molecular flexibility index (Phi) is 5.42. The first-order valence-electron chi connectivity index (χ1n) is 9.79. The number of aromatic nitrogens is 2. The number of carbonyl (C=O) groups is 1. The predicted octanol–water partition coefficient (Wildman–Crippen LogP) is 2.26. The third-order valence-electron chi connectivity index (χ3n) is 5.64. The van der Waals surface area contributed by atoms with Gasteiger partial charge in [0.1, 0.15) is 17.3 Å². The number of amides is 1. The normalized spacial score (nSPS) is 18.5. The lowest BCUT2D eigenvalue weighted by molar-refractivity contribution is -0.134. The number of aromatic hydroxyl groups is 1. The van der Waals surface area contributed by atoms with Crippen molar-refractivity contribution in [1.82, 2.24) is 19.4 Å². The molecule has 0 saturated carbocycles. The summed E-state index contributed by atoms with van der Waals surface area (Å²) in [6, 6.07) is 6.61. The second kappa shape index (κ2) is 8.02. The van der Waals surface area contributed by atoms with E-state index in [-0.39, 0.29) is 18.6 Å². The summed E-state index contributed by atoms with van der Waals surface area (Å²) in [7, 11) is 1.85. The summed E-state index contributed by atoms with van der Waals surface area (Å²) in [5.41, 5.74) is 0.210. The SMILES string of the molecule is C=C1c2c(O)c(=O)nc([C@@H]3CCCN3C(=O)COc3ccccc3Cl)n2CCN1C. The second-order valence-electron chi connectivity index (χ2n) is 7.46. The molecule has 8 nitrogen and oxygen atoms in total. The maximum atomic E-state index is 12.9. The molecule has 1 fully saturated rings. The zero-order valence-electron chi connectivity index (χ0n) is 16.7. The first-order valence-corrected chi connectivity index (χ1v) is 10.2. The van der Waals surface area contributed by atoms with Gasteiger partial charge in [-0.1, -0.05) is 30.3 Å². The lowest BCUT2D eigenvalue weighted by Gasteiger charge is -2.34. The molecule has 2 aromatic rings. The number of fused-ring (bicyclic) bond motifs is 1. The van der Waals surface area contributed by atoms with E-state index in [4.69, 9.17) is 16.3 Å². The van der Waals surface area contributed by atoms with E-state index in [1.54, 1.807) is 29.2 Å². The number of likely N-dealkylation sites (N-methyl/N-ethyl adjacent to an activating group) is 1. The lowest BCUT2D eigenvalue weighted by Crippen LogP contribution is -2.40. The van der Waals surface area contributed by atoms with E-state index in [0.29, 0.717) is 54.0 Å². The molecule has 3 heterocycles. The van der Waals surface area contributed by atoms with Crippen LogP contribution in [0.2, 0.25) is 5.02 Å². The molecule has 2 aliphatic heterocycles. The Morgan fingerprint density at radius 1 is 1.33 bits per heavy atom. The van der Waals surface area contributed by atoms with Gasteiger partial charge in [0, 0.05) is 26.7 Å². The van der Waals surface area contributed by atoms with Crippen LogP contribution in [0.3, 0.4) is 0 Å². The highest BCUT2D eigenvalue weighted by atomic mass is 35.5. The summed E-state index contributed by atoms with van der Waals surface area (Å²) >= 11 is 6.10. The van der Waals surface area contributed by atoms with Crippen molar-refractivity contribution in [3.63, 3.8) is 0 Å². The predicted molar refractivity (Wildman–Crippen MR) is 112 cm³/mol. The van der Waals surface area contributed by atoms with Gasteiger partial charge in [0.05, 0.1) is 16.8 Å². The quantitative estimate of drug-likeness (QED) is 0.800. The molecule has 0 spiro atoms. The zero-order valence-corrected chi connectivity index (χ0v) is 17.4. The smallest absolute Gasteiger partial charge is 0.315 e. The van der Waals surface area contributed by atoms with Crippen molar-refractivity contribution < 1.29 is 14.6 Å². The van der Waals surface area contributed by atoms with Gasteiger partial charge in [0.15, 0.2) is 6.61 Å². The Balaban J connectivity index is 1.62. The number of hydrogen-bond acceptors (Lipinski definition) is 6. The van der Waals surface area contributed by atoms with Gasteiger partial charge in [-0.3, -0.25) is 9.59 Å². The van der Waals surface area contributed by atoms with Crippen LogP contribution in [0, 0.1) is 0 Å². The maximum Gasteiger partial charge on any atom is 0.315 e. The Labute approximate surface area is 179 Å². The van der Waals surface area contributed by atoms with E-state index in [9.17, 15) is 14.7 Å². The molecule has 4 rings (SSSR count). The summed E-state index contributed by atoms with van der Waals surface area (Å²) in [5, 5.41) is 10.8. The highest BCUT2D eigenvalue weighted by Crippen LogP contribution is 2.35. The van der Waals surface area contributed by atoms with Crippen LogP contribution < -0.4 is 10.3 Å². The number of ether oxygens (including phenoxy) is 1. The van der Waals surface area contributed by atoms with Gasteiger partial charge < -0.3 is 24.2 Å². The molecular weight excluding hydrogens is 408 g/mol. The third-order valence-corrected chi connectivity index (χ3v) is 5.95. The molecule has 9 heteroatoms. The van der Waals surface area contributed by atoms with Crippen LogP contribution in [0.5, 0.6) is 11.5 Å². The number of benzene rings is 1. The van der Waals surface area contributed by atoms with Crippen LogP contribution in [-0.2, 0) is 11.3 Å². The van der Waals surface area contributed by atoms with Gasteiger partial charge >= 0.3 is 5.56 Å². The van der Waals surface area contributed by atoms with Crippen LogP contribution >= 0.6 is 11.6 Å². The van der Waals surface area contributed by atoms with E-state index in [0.717, 1.165) is 6.42 Å². The summed E-state index contributed by atoms with van der Waals surface area (Å²) in [6.07, 6.45) is 1.46. The van der Waals surface area contributed by atoms with Crippen molar-refractivity contribution in [1.29, 1.82) is 0 Å². The van der Waals surface area contributed by atoms with E-state index in [1.807, 2.05) is 16.5 Å². The average Bonchev–Trinajstić information content (AvgIpc) is 3.22. The number of likely N-dealkylation sites (tertiary alicyclic amines) is 1. The van der Waals surface area contributed by atoms with E-state index in [2.05, 4.69) is 11.6 Å². The molecule has 0 bridgehead atoms. The van der Waals surface area contributed by atoms with Crippen molar-refractivity contribution in [2.45, 2.75) is 25.4 Å². The summed E-state index contributed by atoms with van der Waals surface area (Å²) in [6.45, 7) is 5.58. The summed E-state index contributed by atoms with van der Waals surface area (Å²) in [4.78, 5) is 33.0. The van der Waals surface area contributed by atoms with Gasteiger partial charge in [0.2, 0.25) is 5.75 Å². The van der Waals surface area contributed by atoms with Gasteiger partial charge in [-0.15, -0.1) is 0 Å². The fourth-order valence-electron chi connectivity index (χ4n) is 4.02. The molecule has 2 aliphatic rings. The Bertz CT molecular complexity index is 1070. The van der Waals surface area contributed by atoms with Crippen molar-refractivity contribution in [2.24, 2.45) is 0 Å². The second-order valence-corrected chi connectivity index (χ2v) is 7.86. The van der Waals surface area contributed by atoms with Gasteiger partial charge in [-0.25, -0.2) is 0 Å². The van der Waals surface area contributed by atoms with E-state index in [1.165, 1.54) is 0 Å². The number of nitrogens with zero attached hydrogens (tertiary/aromatic N) is 4. The van der Waals surface area contributed by atoms with Crippen LogP contribution in [0.4, 0.5) is 0 Å². The minimum absolute atomic E-state index is 0.162. The number of carbonyl (C=O) groups excluding carboxylic acids is 1. The molecule has 1 aromatic carbocycles. The van der Waals surface area contributed by atoms with Crippen molar-refractivity contribution in [3.8, 4) is 11.5 Å². The molecule has 1 amide bonds. The Hall–Kier alpha value is -3.00. The van der Waals surface area contributed by atoms with Crippen LogP contribution in [-0.4, -0.2) is 57.1 Å². The number of rotatable bonds is 4. The van der Waals surface area contributed by atoms with Crippen molar-refractivity contribution >= 4 is 23.2 Å². The molecule has 1 N–H and O–H groups in total. The monoisotopic (exact) mass is 430 g/mol. The fraction of sp³-hybridized carbons (Fsp3) is 0.381. The van der Waals surface area contributed by atoms with Gasteiger partial charge in [0.25, 0.3) is 5.91 Å². The maximum absolute atomic E-state index is 12.9. The Morgan fingerprint density at radius 3 is 2.87 bits per heavy atom. The molecule has 158 valence electrons. The minimum Gasteiger partial charge on any atom is -0.501 e. The van der Waals surface area contributed by atoms with E-state index >= 15 is 0 Å². The number of hydrogen-bond donors (Lipinski definition) is 1.